The molecule has 1 aliphatic heterocycles. The number of hydrogen-bond acceptors (Lipinski definition) is 3. The van der Waals surface area contributed by atoms with Crippen LogP contribution >= 0.6 is 24.0 Å². The third-order valence-corrected chi connectivity index (χ3v) is 4.63. The summed E-state index contributed by atoms with van der Waals surface area (Å²) >= 11 is 0. The molecule has 27 heavy (non-hydrogen) atoms. The standard InChI is InChI=1S/C21H36N4O.HI/c1-3-22-21(23-13-16-26-4-2)24-17-19-9-11-20(12-10-19)18-25-14-7-5-6-8-15-25;/h9-12H,3-8,13-18H2,1-2H3,(H2,22,23,24);1H. The fraction of sp³-hybridized carbons (Fsp3) is 0.667. The number of halogens is 1. The van der Waals surface area contributed by atoms with Crippen molar-refractivity contribution in [3.63, 3.8) is 0 Å². The molecule has 1 aromatic rings. The van der Waals surface area contributed by atoms with Crippen LogP contribution in [0.3, 0.4) is 0 Å². The molecular formula is C21H37IN4O. The van der Waals surface area contributed by atoms with Crippen molar-refractivity contribution in [2.45, 2.75) is 52.6 Å². The van der Waals surface area contributed by atoms with Gasteiger partial charge in [-0.2, -0.15) is 0 Å². The van der Waals surface area contributed by atoms with Crippen molar-refractivity contribution >= 4 is 29.9 Å². The Morgan fingerprint density at radius 3 is 2.30 bits per heavy atom. The molecule has 0 unspecified atom stereocenters. The molecule has 0 spiro atoms. The molecule has 1 aliphatic rings. The zero-order valence-corrected chi connectivity index (χ0v) is 19.3. The van der Waals surface area contributed by atoms with E-state index in [0.29, 0.717) is 13.2 Å². The van der Waals surface area contributed by atoms with Gasteiger partial charge in [0.2, 0.25) is 0 Å². The predicted octanol–water partition coefficient (Wildman–Crippen LogP) is 3.77. The first-order chi connectivity index (χ1) is 12.8. The van der Waals surface area contributed by atoms with Crippen LogP contribution in [0.15, 0.2) is 29.3 Å². The smallest absolute Gasteiger partial charge is 0.191 e. The normalized spacial score (nSPS) is 15.7. The minimum absolute atomic E-state index is 0. The lowest BCUT2D eigenvalue weighted by Gasteiger charge is -2.19. The Hall–Kier alpha value is -0.860. The van der Waals surface area contributed by atoms with E-state index in [2.05, 4.69) is 51.7 Å². The van der Waals surface area contributed by atoms with Gasteiger partial charge in [-0.3, -0.25) is 4.90 Å². The highest BCUT2D eigenvalue weighted by Gasteiger charge is 2.09. The van der Waals surface area contributed by atoms with Gasteiger partial charge in [-0.1, -0.05) is 37.1 Å². The second kappa shape index (κ2) is 15.1. The average molecular weight is 488 g/mol. The maximum Gasteiger partial charge on any atom is 0.191 e. The number of likely N-dealkylation sites (tertiary alicyclic amines) is 1. The van der Waals surface area contributed by atoms with Crippen molar-refractivity contribution in [1.82, 2.24) is 15.5 Å². The fourth-order valence-electron chi connectivity index (χ4n) is 3.20. The van der Waals surface area contributed by atoms with Crippen LogP contribution in [-0.2, 0) is 17.8 Å². The molecule has 2 N–H and O–H groups in total. The molecule has 0 amide bonds. The first-order valence-corrected chi connectivity index (χ1v) is 10.2. The van der Waals surface area contributed by atoms with Crippen molar-refractivity contribution < 1.29 is 4.74 Å². The second-order valence-corrected chi connectivity index (χ2v) is 6.83. The van der Waals surface area contributed by atoms with Gasteiger partial charge in [-0.25, -0.2) is 4.99 Å². The number of guanidine groups is 1. The van der Waals surface area contributed by atoms with Crippen molar-refractivity contribution in [2.75, 3.05) is 39.4 Å². The molecule has 0 bridgehead atoms. The number of ether oxygens (including phenoxy) is 1. The summed E-state index contributed by atoms with van der Waals surface area (Å²) in [6.45, 7) is 11.4. The highest BCUT2D eigenvalue weighted by atomic mass is 127. The van der Waals surface area contributed by atoms with E-state index in [1.165, 1.54) is 49.9 Å². The van der Waals surface area contributed by atoms with Gasteiger partial charge in [0, 0.05) is 26.2 Å². The Kier molecular flexibility index (Phi) is 13.5. The van der Waals surface area contributed by atoms with E-state index in [4.69, 9.17) is 4.74 Å². The topological polar surface area (TPSA) is 48.9 Å². The molecule has 1 aromatic carbocycles. The summed E-state index contributed by atoms with van der Waals surface area (Å²) in [7, 11) is 0. The van der Waals surface area contributed by atoms with Gasteiger partial charge in [0.25, 0.3) is 0 Å². The lowest BCUT2D eigenvalue weighted by Crippen LogP contribution is -2.39. The molecule has 0 radical (unpaired) electrons. The molecular weight excluding hydrogens is 451 g/mol. The molecule has 1 heterocycles. The maximum atomic E-state index is 5.36. The Balaban J connectivity index is 0.00000364. The van der Waals surface area contributed by atoms with Gasteiger partial charge >= 0.3 is 0 Å². The highest BCUT2D eigenvalue weighted by molar-refractivity contribution is 14.0. The van der Waals surface area contributed by atoms with Gasteiger partial charge in [0.15, 0.2) is 5.96 Å². The van der Waals surface area contributed by atoms with Crippen molar-refractivity contribution in [3.8, 4) is 0 Å². The highest BCUT2D eigenvalue weighted by Crippen LogP contribution is 2.14. The van der Waals surface area contributed by atoms with E-state index in [0.717, 1.165) is 32.2 Å². The van der Waals surface area contributed by atoms with Crippen LogP contribution in [-0.4, -0.2) is 50.3 Å². The van der Waals surface area contributed by atoms with Crippen molar-refractivity contribution in [3.05, 3.63) is 35.4 Å². The Morgan fingerprint density at radius 1 is 1.00 bits per heavy atom. The lowest BCUT2D eigenvalue weighted by molar-refractivity contribution is 0.152. The first-order valence-electron chi connectivity index (χ1n) is 10.2. The third kappa shape index (κ3) is 10.3. The van der Waals surface area contributed by atoms with Crippen LogP contribution in [0.25, 0.3) is 0 Å². The summed E-state index contributed by atoms with van der Waals surface area (Å²) in [4.78, 5) is 7.26. The van der Waals surface area contributed by atoms with Crippen LogP contribution < -0.4 is 10.6 Å². The van der Waals surface area contributed by atoms with Gasteiger partial charge in [0.05, 0.1) is 13.2 Å². The van der Waals surface area contributed by atoms with Gasteiger partial charge in [0.1, 0.15) is 0 Å². The minimum atomic E-state index is 0. The largest absolute Gasteiger partial charge is 0.380 e. The number of nitrogens with zero attached hydrogens (tertiary/aromatic N) is 2. The van der Waals surface area contributed by atoms with E-state index in [-0.39, 0.29) is 24.0 Å². The monoisotopic (exact) mass is 488 g/mol. The molecule has 0 atom stereocenters. The average Bonchev–Trinajstić information content (AvgIpc) is 2.93. The van der Waals surface area contributed by atoms with Gasteiger partial charge < -0.3 is 15.4 Å². The molecule has 1 saturated heterocycles. The number of nitrogens with one attached hydrogen (secondary N) is 2. The molecule has 6 heteroatoms. The van der Waals surface area contributed by atoms with E-state index in [9.17, 15) is 0 Å². The Bertz CT molecular complexity index is 513. The Morgan fingerprint density at radius 2 is 1.67 bits per heavy atom. The van der Waals surface area contributed by atoms with E-state index < -0.39 is 0 Å². The summed E-state index contributed by atoms with van der Waals surface area (Å²) < 4.78 is 5.36. The van der Waals surface area contributed by atoms with Crippen LogP contribution in [0, 0.1) is 0 Å². The van der Waals surface area contributed by atoms with E-state index in [1.54, 1.807) is 0 Å². The van der Waals surface area contributed by atoms with Gasteiger partial charge in [-0.05, 0) is 50.9 Å². The quantitative estimate of drug-likeness (QED) is 0.241. The molecule has 0 aromatic heterocycles. The summed E-state index contributed by atoms with van der Waals surface area (Å²) in [6, 6.07) is 8.93. The fourth-order valence-corrected chi connectivity index (χ4v) is 3.20. The first kappa shape index (κ1) is 24.2. The zero-order valence-electron chi connectivity index (χ0n) is 17.0. The van der Waals surface area contributed by atoms with Crippen LogP contribution in [0.1, 0.15) is 50.7 Å². The predicted molar refractivity (Wildman–Crippen MR) is 125 cm³/mol. The second-order valence-electron chi connectivity index (χ2n) is 6.83. The van der Waals surface area contributed by atoms with Crippen molar-refractivity contribution in [1.29, 1.82) is 0 Å². The molecule has 0 aliphatic carbocycles. The van der Waals surface area contributed by atoms with Crippen molar-refractivity contribution in [2.24, 2.45) is 4.99 Å². The molecule has 154 valence electrons. The number of rotatable bonds is 9. The summed E-state index contributed by atoms with van der Waals surface area (Å²) in [5, 5.41) is 6.58. The van der Waals surface area contributed by atoms with Crippen LogP contribution in [0.2, 0.25) is 0 Å². The van der Waals surface area contributed by atoms with Crippen LogP contribution in [0.5, 0.6) is 0 Å². The zero-order chi connectivity index (χ0) is 18.5. The van der Waals surface area contributed by atoms with Gasteiger partial charge in [-0.15, -0.1) is 24.0 Å². The summed E-state index contributed by atoms with van der Waals surface area (Å²) in [5.41, 5.74) is 2.65. The SMILES string of the molecule is CCNC(=NCc1ccc(CN2CCCCCC2)cc1)NCCOCC.I. The lowest BCUT2D eigenvalue weighted by atomic mass is 10.1. The third-order valence-electron chi connectivity index (χ3n) is 4.63. The molecule has 1 fully saturated rings. The molecule has 0 saturated carbocycles. The number of aliphatic imine (C=N–C) groups is 1. The minimum Gasteiger partial charge on any atom is -0.380 e. The Labute approximate surface area is 182 Å². The number of hydrogen-bond donors (Lipinski definition) is 2. The molecule has 5 nitrogen and oxygen atoms in total. The van der Waals surface area contributed by atoms with E-state index in [1.807, 2.05) is 6.92 Å². The summed E-state index contributed by atoms with van der Waals surface area (Å²) in [6.07, 6.45) is 5.47. The maximum absolute atomic E-state index is 5.36. The summed E-state index contributed by atoms with van der Waals surface area (Å²) in [5.74, 6) is 0.848. The van der Waals surface area contributed by atoms with Crippen LogP contribution in [0.4, 0.5) is 0 Å². The van der Waals surface area contributed by atoms with E-state index >= 15 is 0 Å². The number of benzene rings is 1. The molecule has 2 rings (SSSR count).